The summed E-state index contributed by atoms with van der Waals surface area (Å²) in [6, 6.07) is -0.435. The summed E-state index contributed by atoms with van der Waals surface area (Å²) in [5.41, 5.74) is 0. The van der Waals surface area contributed by atoms with E-state index in [1.54, 1.807) is 4.31 Å². The lowest BCUT2D eigenvalue weighted by Crippen LogP contribution is -2.44. The zero-order chi connectivity index (χ0) is 24.2. The van der Waals surface area contributed by atoms with E-state index < -0.39 is 22.0 Å². The molecule has 0 aliphatic heterocycles. The van der Waals surface area contributed by atoms with Crippen molar-refractivity contribution in [2.75, 3.05) is 32.9 Å². The normalized spacial score (nSPS) is 13.2. The zero-order valence-corrected chi connectivity index (χ0v) is 22.3. The molecule has 0 bridgehead atoms. The van der Waals surface area contributed by atoms with Crippen LogP contribution in [0.5, 0.6) is 0 Å². The van der Waals surface area contributed by atoms with E-state index in [9.17, 15) is 18.3 Å². The fourth-order valence-corrected chi connectivity index (χ4v) is 6.01. The van der Waals surface area contributed by atoms with E-state index in [2.05, 4.69) is 13.8 Å². The monoisotopic (exact) mass is 476 g/mol. The van der Waals surface area contributed by atoms with E-state index in [1.165, 1.54) is 38.5 Å². The first-order valence-electron chi connectivity index (χ1n) is 13.1. The Morgan fingerprint density at radius 3 is 1.75 bits per heavy atom. The lowest BCUT2D eigenvalue weighted by atomic mass is 10.0. The van der Waals surface area contributed by atoms with Crippen LogP contribution in [0.2, 0.25) is 0 Å². The van der Waals surface area contributed by atoms with Gasteiger partial charge in [0, 0.05) is 12.6 Å². The molecule has 0 aromatic heterocycles. The Bertz CT molecular complexity index is 552. The number of carboxylic acid groups (broad SMARTS) is 1. The van der Waals surface area contributed by atoms with Crippen LogP contribution in [0.1, 0.15) is 117 Å². The summed E-state index contributed by atoms with van der Waals surface area (Å²) in [6.45, 7) is 5.57. The van der Waals surface area contributed by atoms with Crippen LogP contribution in [0.25, 0.3) is 0 Å². The number of unbranched alkanes of at least 4 members (excludes halogenated alkanes) is 11. The number of sulfonamides is 1. The maximum Gasteiger partial charge on any atom is 0.304 e. The quantitative estimate of drug-likeness (QED) is 0.185. The second-order valence-corrected chi connectivity index (χ2v) is 11.6. The van der Waals surface area contributed by atoms with Gasteiger partial charge in [0.05, 0.1) is 12.2 Å². The molecule has 0 spiro atoms. The maximum absolute atomic E-state index is 13.2. The summed E-state index contributed by atoms with van der Waals surface area (Å²) >= 11 is 0. The van der Waals surface area contributed by atoms with E-state index in [4.69, 9.17) is 0 Å². The molecule has 0 radical (unpaired) electrons. The van der Waals surface area contributed by atoms with Gasteiger partial charge >= 0.3 is 5.97 Å². The number of nitrogens with zero attached hydrogens (tertiary/aromatic N) is 2. The molecule has 0 amide bonds. The van der Waals surface area contributed by atoms with Crippen LogP contribution in [0.4, 0.5) is 0 Å². The Morgan fingerprint density at radius 2 is 1.25 bits per heavy atom. The minimum Gasteiger partial charge on any atom is -0.481 e. The van der Waals surface area contributed by atoms with Crippen LogP contribution in [-0.4, -0.2) is 67.7 Å². The van der Waals surface area contributed by atoms with Gasteiger partial charge in [-0.1, -0.05) is 90.9 Å². The summed E-state index contributed by atoms with van der Waals surface area (Å²) in [4.78, 5) is 13.6. The molecule has 1 N–H and O–H groups in total. The molecular formula is C25H52N2O4S. The Morgan fingerprint density at radius 1 is 0.750 bits per heavy atom. The highest BCUT2D eigenvalue weighted by Crippen LogP contribution is 2.21. The fourth-order valence-electron chi connectivity index (χ4n) is 4.16. The molecule has 7 heteroatoms. The van der Waals surface area contributed by atoms with Crippen LogP contribution in [0.15, 0.2) is 0 Å². The summed E-state index contributed by atoms with van der Waals surface area (Å²) in [7, 11) is 0.488. The molecule has 0 heterocycles. The van der Waals surface area contributed by atoms with Gasteiger partial charge in [-0.25, -0.2) is 8.42 Å². The number of carboxylic acids is 1. The topological polar surface area (TPSA) is 77.9 Å². The van der Waals surface area contributed by atoms with Gasteiger partial charge in [0.15, 0.2) is 0 Å². The van der Waals surface area contributed by atoms with Gasteiger partial charge in [0.25, 0.3) is 0 Å². The van der Waals surface area contributed by atoms with Gasteiger partial charge in [0.1, 0.15) is 0 Å². The highest BCUT2D eigenvalue weighted by atomic mass is 32.2. The van der Waals surface area contributed by atoms with Crippen molar-refractivity contribution >= 4 is 16.0 Å². The predicted octanol–water partition coefficient (Wildman–Crippen LogP) is 5.91. The molecule has 0 aliphatic carbocycles. The van der Waals surface area contributed by atoms with Crippen LogP contribution < -0.4 is 0 Å². The Balaban J connectivity index is 4.99. The third-order valence-corrected chi connectivity index (χ3v) is 8.06. The van der Waals surface area contributed by atoms with Crippen LogP contribution in [-0.2, 0) is 14.8 Å². The molecular weight excluding hydrogens is 424 g/mol. The van der Waals surface area contributed by atoms with Crippen molar-refractivity contribution in [3.05, 3.63) is 0 Å². The second-order valence-electron chi connectivity index (χ2n) is 9.51. The smallest absolute Gasteiger partial charge is 0.304 e. The van der Waals surface area contributed by atoms with E-state index in [1.807, 2.05) is 19.0 Å². The van der Waals surface area contributed by atoms with Crippen molar-refractivity contribution in [2.45, 2.75) is 123 Å². The third-order valence-electron chi connectivity index (χ3n) is 6.06. The summed E-state index contributed by atoms with van der Waals surface area (Å²) < 4.78 is 28.0. The zero-order valence-electron chi connectivity index (χ0n) is 21.5. The minimum atomic E-state index is -3.46. The first-order chi connectivity index (χ1) is 15.2. The van der Waals surface area contributed by atoms with Crippen molar-refractivity contribution in [2.24, 2.45) is 0 Å². The van der Waals surface area contributed by atoms with Gasteiger partial charge in [-0.2, -0.15) is 4.31 Å². The molecule has 1 unspecified atom stereocenters. The average molecular weight is 477 g/mol. The van der Waals surface area contributed by atoms with E-state index >= 15 is 0 Å². The summed E-state index contributed by atoms with van der Waals surface area (Å²) in [5, 5.41) is 9.48. The first kappa shape index (κ1) is 31.3. The highest BCUT2D eigenvalue weighted by Gasteiger charge is 2.30. The van der Waals surface area contributed by atoms with Crippen molar-refractivity contribution in [3.8, 4) is 0 Å². The largest absolute Gasteiger partial charge is 0.481 e. The number of carbonyl (C=O) groups is 1. The lowest BCUT2D eigenvalue weighted by molar-refractivity contribution is -0.138. The van der Waals surface area contributed by atoms with Crippen LogP contribution in [0.3, 0.4) is 0 Å². The molecule has 0 saturated carbocycles. The van der Waals surface area contributed by atoms with Crippen molar-refractivity contribution in [3.63, 3.8) is 0 Å². The number of hydrogen-bond acceptors (Lipinski definition) is 4. The number of hydrogen-bond donors (Lipinski definition) is 1. The Labute approximate surface area is 199 Å². The molecule has 0 aromatic rings. The van der Waals surface area contributed by atoms with Gasteiger partial charge in [-0.05, 0) is 39.9 Å². The second kappa shape index (κ2) is 19.8. The molecule has 0 aromatic carbocycles. The van der Waals surface area contributed by atoms with E-state index in [0.29, 0.717) is 19.4 Å². The molecule has 1 atom stereocenters. The maximum atomic E-state index is 13.2. The summed E-state index contributed by atoms with van der Waals surface area (Å²) in [6.07, 6.45) is 15.4. The van der Waals surface area contributed by atoms with Crippen molar-refractivity contribution < 1.29 is 18.3 Å². The van der Waals surface area contributed by atoms with Gasteiger partial charge in [0.2, 0.25) is 10.0 Å². The van der Waals surface area contributed by atoms with E-state index in [0.717, 1.165) is 51.5 Å². The minimum absolute atomic E-state index is 0.104. The van der Waals surface area contributed by atoms with Gasteiger partial charge in [-0.15, -0.1) is 0 Å². The molecule has 192 valence electrons. The van der Waals surface area contributed by atoms with Crippen LogP contribution in [0, 0.1) is 0 Å². The number of rotatable bonds is 23. The van der Waals surface area contributed by atoms with Crippen molar-refractivity contribution in [1.29, 1.82) is 0 Å². The predicted molar refractivity (Wildman–Crippen MR) is 136 cm³/mol. The van der Waals surface area contributed by atoms with Crippen LogP contribution >= 0.6 is 0 Å². The fraction of sp³-hybridized carbons (Fsp3) is 0.960. The molecule has 0 rings (SSSR count). The van der Waals surface area contributed by atoms with Crippen molar-refractivity contribution in [1.82, 2.24) is 9.21 Å². The molecule has 0 fully saturated rings. The van der Waals surface area contributed by atoms with E-state index in [-0.39, 0.29) is 12.2 Å². The highest BCUT2D eigenvalue weighted by molar-refractivity contribution is 7.89. The molecule has 6 nitrogen and oxygen atoms in total. The SMILES string of the molecule is CCCCCCCCCC(CC(=O)O)N(CCCN(C)C)S(=O)(=O)CCCCCCCC. The Kier molecular flexibility index (Phi) is 19.4. The van der Waals surface area contributed by atoms with Gasteiger partial charge < -0.3 is 10.0 Å². The first-order valence-corrected chi connectivity index (χ1v) is 14.7. The molecule has 32 heavy (non-hydrogen) atoms. The molecule has 0 aliphatic rings. The standard InChI is InChI=1S/C25H52N2O4S/c1-5-7-9-11-13-14-16-19-24(23-25(28)29)27(21-18-20-26(3)4)32(30,31)22-17-15-12-10-8-6-2/h24H,5-23H2,1-4H3,(H,28,29). The lowest BCUT2D eigenvalue weighted by Gasteiger charge is -2.31. The third kappa shape index (κ3) is 16.9. The average Bonchev–Trinajstić information content (AvgIpc) is 2.71. The Hall–Kier alpha value is -0.660. The summed E-state index contributed by atoms with van der Waals surface area (Å²) in [5.74, 6) is -0.779. The number of aliphatic carboxylic acids is 1. The molecule has 0 saturated heterocycles. The van der Waals surface area contributed by atoms with Gasteiger partial charge in [-0.3, -0.25) is 4.79 Å².